The van der Waals surface area contributed by atoms with Crippen molar-refractivity contribution in [2.24, 2.45) is 0 Å². The lowest BCUT2D eigenvalue weighted by Gasteiger charge is -2.21. The fraction of sp³-hybridized carbons (Fsp3) is 0.478. The Hall–Kier alpha value is -2.82. The van der Waals surface area contributed by atoms with Crippen molar-refractivity contribution in [2.45, 2.75) is 69.5 Å². The van der Waals surface area contributed by atoms with Gasteiger partial charge in [-0.15, -0.1) is 0 Å². The summed E-state index contributed by atoms with van der Waals surface area (Å²) in [5.74, 6) is -0.244. The van der Waals surface area contributed by atoms with Crippen molar-refractivity contribution in [3.63, 3.8) is 0 Å². The van der Waals surface area contributed by atoms with Gasteiger partial charge in [-0.05, 0) is 60.1 Å². The summed E-state index contributed by atoms with van der Waals surface area (Å²) >= 11 is 2.36. The number of carbonyl (C=O) groups excluding carboxylic acids is 2. The number of allylic oxidation sites excluding steroid dienone is 1. The largest absolute Gasteiger partial charge is 0.481 e. The zero-order valence-corrected chi connectivity index (χ0v) is 21.3. The van der Waals surface area contributed by atoms with E-state index in [9.17, 15) is 20.1 Å². The lowest BCUT2D eigenvalue weighted by molar-refractivity contribution is -0.158. The van der Waals surface area contributed by atoms with Crippen LogP contribution in [0.5, 0.6) is 11.5 Å². The first kappa shape index (κ1) is 26.4. The highest BCUT2D eigenvalue weighted by Gasteiger charge is 2.31. The van der Waals surface area contributed by atoms with Crippen molar-refractivity contribution in [1.82, 2.24) is 0 Å². The number of hydrogen-bond donors (Lipinski definition) is 0. The molecule has 1 heterocycles. The molecule has 0 radical (unpaired) electrons. The van der Waals surface area contributed by atoms with Crippen LogP contribution in [0.4, 0.5) is 0 Å². The molecule has 2 rings (SSSR count). The normalized spacial score (nSPS) is 12.8. The van der Waals surface area contributed by atoms with Crippen LogP contribution in [0.1, 0.15) is 47.1 Å². The minimum atomic E-state index is -0.647. The van der Waals surface area contributed by atoms with Gasteiger partial charge in [0.25, 0.3) is 0 Å². The van der Waals surface area contributed by atoms with Crippen LogP contribution in [0, 0.1) is 29.6 Å². The molecule has 1 aliphatic rings. The number of thioether (sulfide) groups is 2. The van der Waals surface area contributed by atoms with E-state index >= 15 is 0 Å². The first-order valence-electron chi connectivity index (χ1n) is 10.0. The Bertz CT molecular complexity index is 1050. The van der Waals surface area contributed by atoms with Crippen molar-refractivity contribution >= 4 is 35.5 Å². The molecule has 0 bridgehead atoms. The topological polar surface area (TPSA) is 119 Å². The highest BCUT2D eigenvalue weighted by atomic mass is 32.2. The molecular formula is C23H26N2O6S2. The quantitative estimate of drug-likeness (QED) is 0.402. The smallest absolute Gasteiger partial charge is 0.344 e. The average molecular weight is 491 g/mol. The minimum absolute atomic E-state index is 0.0463. The Balaban J connectivity index is 2.35. The molecule has 0 amide bonds. The maximum absolute atomic E-state index is 12.1. The van der Waals surface area contributed by atoms with Gasteiger partial charge in [0.1, 0.15) is 40.4 Å². The summed E-state index contributed by atoms with van der Waals surface area (Å²) in [5.41, 5.74) is -0.685. The second kappa shape index (κ2) is 10.4. The third kappa shape index (κ3) is 7.62. The van der Waals surface area contributed by atoms with Crippen LogP contribution < -0.4 is 9.47 Å². The van der Waals surface area contributed by atoms with E-state index in [1.165, 1.54) is 23.5 Å². The molecule has 0 saturated heterocycles. The summed E-state index contributed by atoms with van der Waals surface area (Å²) in [6.45, 7) is 11.7. The number of rotatable bonds is 6. The Morgan fingerprint density at radius 3 is 1.85 bits per heavy atom. The second-order valence-electron chi connectivity index (χ2n) is 9.02. The van der Waals surface area contributed by atoms with Gasteiger partial charge < -0.3 is 18.9 Å². The number of hydrogen-bond acceptors (Lipinski definition) is 10. The molecule has 33 heavy (non-hydrogen) atoms. The van der Waals surface area contributed by atoms with Crippen LogP contribution in [0.25, 0.3) is 0 Å². The molecule has 0 saturated carbocycles. The van der Waals surface area contributed by atoms with Gasteiger partial charge in [-0.3, -0.25) is 0 Å². The van der Waals surface area contributed by atoms with Crippen LogP contribution in [0.15, 0.2) is 25.7 Å². The standard InChI is InChI=1S/C23H26N2O6S2/c1-13-8-15(28-11-16(26)30-22(2,3)4)19-20(33-21(32-19)14(9-24)10-25)18(13)29-12-17(27)31-23(5,6)7/h8H,11-12H2,1-7H3. The van der Waals surface area contributed by atoms with Crippen LogP contribution in [-0.4, -0.2) is 36.4 Å². The van der Waals surface area contributed by atoms with E-state index < -0.39 is 23.1 Å². The van der Waals surface area contributed by atoms with E-state index in [1.807, 2.05) is 12.1 Å². The molecule has 1 aromatic carbocycles. The van der Waals surface area contributed by atoms with Crippen LogP contribution in [0.3, 0.4) is 0 Å². The summed E-state index contributed by atoms with van der Waals surface area (Å²) in [7, 11) is 0. The van der Waals surface area contributed by atoms with Crippen molar-refractivity contribution in [1.29, 1.82) is 10.5 Å². The first-order chi connectivity index (χ1) is 15.2. The van der Waals surface area contributed by atoms with Gasteiger partial charge in [-0.1, -0.05) is 23.5 Å². The van der Waals surface area contributed by atoms with Gasteiger partial charge >= 0.3 is 11.9 Å². The second-order valence-corrected chi connectivity index (χ2v) is 11.3. The Morgan fingerprint density at radius 2 is 1.36 bits per heavy atom. The fourth-order valence-corrected chi connectivity index (χ4v) is 5.22. The Kier molecular flexibility index (Phi) is 8.34. The zero-order chi connectivity index (χ0) is 25.0. The lowest BCUT2D eigenvalue weighted by atomic mass is 10.2. The SMILES string of the molecule is Cc1cc(OCC(=O)OC(C)(C)C)c2c(c1OCC(=O)OC(C)(C)C)SC(=C(C#N)C#N)S2. The van der Waals surface area contributed by atoms with Gasteiger partial charge in [0.15, 0.2) is 13.2 Å². The molecule has 176 valence electrons. The number of aryl methyl sites for hydroxylation is 1. The van der Waals surface area contributed by atoms with Crippen LogP contribution >= 0.6 is 23.5 Å². The number of nitrogens with zero attached hydrogens (tertiary/aromatic N) is 2. The number of ether oxygens (including phenoxy) is 4. The summed E-state index contributed by atoms with van der Waals surface area (Å²) in [4.78, 5) is 25.4. The molecule has 0 aliphatic carbocycles. The highest BCUT2D eigenvalue weighted by Crippen LogP contribution is 2.59. The molecule has 0 atom stereocenters. The number of benzene rings is 1. The van der Waals surface area contributed by atoms with E-state index in [1.54, 1.807) is 54.5 Å². The predicted octanol–water partition coefficient (Wildman–Crippen LogP) is 4.89. The molecule has 10 heteroatoms. The third-order valence-electron chi connectivity index (χ3n) is 3.68. The summed E-state index contributed by atoms with van der Waals surface area (Å²) in [6, 6.07) is 5.45. The van der Waals surface area contributed by atoms with Crippen LogP contribution in [-0.2, 0) is 19.1 Å². The molecule has 1 aromatic rings. The lowest BCUT2D eigenvalue weighted by Crippen LogP contribution is -2.27. The Labute approximate surface area is 202 Å². The van der Waals surface area contributed by atoms with Crippen molar-refractivity contribution < 1.29 is 28.5 Å². The molecule has 0 aromatic heterocycles. The van der Waals surface area contributed by atoms with E-state index in [0.717, 1.165) is 0 Å². The number of carbonyl (C=O) groups is 2. The van der Waals surface area contributed by atoms with Gasteiger partial charge in [0.05, 0.1) is 14.0 Å². The van der Waals surface area contributed by atoms with E-state index in [2.05, 4.69) is 0 Å². The van der Waals surface area contributed by atoms with Gasteiger partial charge in [0.2, 0.25) is 0 Å². The average Bonchev–Trinajstić information content (AvgIpc) is 3.08. The van der Waals surface area contributed by atoms with Gasteiger partial charge in [-0.2, -0.15) is 10.5 Å². The maximum Gasteiger partial charge on any atom is 0.344 e. The summed E-state index contributed by atoms with van der Waals surface area (Å²) < 4.78 is 22.6. The molecule has 1 aliphatic heterocycles. The molecular weight excluding hydrogens is 464 g/mol. The van der Waals surface area contributed by atoms with Gasteiger partial charge in [0, 0.05) is 0 Å². The number of esters is 2. The van der Waals surface area contributed by atoms with Gasteiger partial charge in [-0.25, -0.2) is 9.59 Å². The fourth-order valence-electron chi connectivity index (χ4n) is 2.63. The van der Waals surface area contributed by atoms with Crippen molar-refractivity contribution in [2.75, 3.05) is 13.2 Å². The molecule has 0 unspecified atom stereocenters. The van der Waals surface area contributed by atoms with E-state index in [4.69, 9.17) is 18.9 Å². The monoisotopic (exact) mass is 490 g/mol. The van der Waals surface area contributed by atoms with Crippen molar-refractivity contribution in [3.8, 4) is 23.6 Å². The first-order valence-corrected chi connectivity index (χ1v) is 11.6. The molecule has 8 nitrogen and oxygen atoms in total. The number of nitriles is 2. The summed E-state index contributed by atoms with van der Waals surface area (Å²) in [5, 5.41) is 18.6. The summed E-state index contributed by atoms with van der Waals surface area (Å²) in [6.07, 6.45) is 0. The minimum Gasteiger partial charge on any atom is -0.481 e. The van der Waals surface area contributed by atoms with E-state index in [-0.39, 0.29) is 18.8 Å². The molecule has 0 fully saturated rings. The molecule has 0 N–H and O–H groups in total. The third-order valence-corrected chi connectivity index (χ3v) is 6.29. The predicted molar refractivity (Wildman–Crippen MR) is 124 cm³/mol. The number of fused-ring (bicyclic) bond motifs is 1. The van der Waals surface area contributed by atoms with Crippen LogP contribution in [0.2, 0.25) is 0 Å². The zero-order valence-electron chi connectivity index (χ0n) is 19.7. The highest BCUT2D eigenvalue weighted by molar-refractivity contribution is 8.24. The Morgan fingerprint density at radius 1 is 0.879 bits per heavy atom. The maximum atomic E-state index is 12.1. The van der Waals surface area contributed by atoms with Crippen molar-refractivity contribution in [3.05, 3.63) is 21.4 Å². The molecule has 0 spiro atoms. The van der Waals surface area contributed by atoms with E-state index in [0.29, 0.717) is 31.1 Å².